The number of anilines is 1. The maximum Gasteiger partial charge on any atom is 0.165 e. The van der Waals surface area contributed by atoms with E-state index in [4.69, 9.17) is 9.15 Å². The Morgan fingerprint density at radius 2 is 2.04 bits per heavy atom. The number of fused-ring (bicyclic) bond motifs is 1. The number of hydrogen-bond donors (Lipinski definition) is 1. The highest BCUT2D eigenvalue weighted by Crippen LogP contribution is 2.32. The first kappa shape index (κ1) is 14.3. The fraction of sp³-hybridized carbons (Fsp3) is 0.111. The number of nitrogens with zero attached hydrogens (tertiary/aromatic N) is 3. The quantitative estimate of drug-likeness (QED) is 0.608. The molecule has 0 aliphatic carbocycles. The number of aromatic nitrogens is 3. The molecule has 3 aromatic heterocycles. The van der Waals surface area contributed by atoms with Gasteiger partial charge < -0.3 is 14.5 Å². The first-order chi connectivity index (χ1) is 11.9. The second-order valence-corrected chi connectivity index (χ2v) is 5.26. The van der Waals surface area contributed by atoms with Crippen LogP contribution in [0.4, 0.5) is 5.82 Å². The van der Waals surface area contributed by atoms with Crippen molar-refractivity contribution in [3.05, 3.63) is 66.9 Å². The van der Waals surface area contributed by atoms with Gasteiger partial charge in [-0.25, -0.2) is 4.98 Å². The summed E-state index contributed by atoms with van der Waals surface area (Å²) in [6.07, 6.45) is 5.23. The maximum atomic E-state index is 5.45. The second kappa shape index (κ2) is 6.08. The predicted molar refractivity (Wildman–Crippen MR) is 91.0 cm³/mol. The molecule has 4 aromatic rings. The van der Waals surface area contributed by atoms with Crippen molar-refractivity contribution < 1.29 is 9.15 Å². The summed E-state index contributed by atoms with van der Waals surface area (Å²) < 4.78 is 12.6. The van der Waals surface area contributed by atoms with E-state index in [1.807, 2.05) is 42.5 Å². The molecule has 120 valence electrons. The molecule has 6 heteroatoms. The normalized spacial score (nSPS) is 10.9. The Balaban J connectivity index is 1.73. The first-order valence-electron chi connectivity index (χ1n) is 7.59. The number of benzene rings is 1. The minimum atomic E-state index is 0.579. The molecule has 0 spiro atoms. The van der Waals surface area contributed by atoms with Crippen molar-refractivity contribution in [3.8, 4) is 16.9 Å². The fourth-order valence-electron chi connectivity index (χ4n) is 2.67. The highest BCUT2D eigenvalue weighted by molar-refractivity contribution is 5.81. The molecule has 0 radical (unpaired) electrons. The molecule has 0 atom stereocenters. The zero-order chi connectivity index (χ0) is 16.4. The molecule has 0 aliphatic rings. The summed E-state index contributed by atoms with van der Waals surface area (Å²) in [4.78, 5) is 4.48. The van der Waals surface area contributed by atoms with E-state index in [9.17, 15) is 0 Å². The Morgan fingerprint density at radius 1 is 1.12 bits per heavy atom. The molecular weight excluding hydrogens is 304 g/mol. The Hall–Kier alpha value is -3.28. The standard InChI is InChI=1S/C18H16N4O2/c1-23-16-7-3-2-6-14(16)15-12-21-22-17(8-9-19-18(15)22)20-11-13-5-4-10-24-13/h2-10,12,20H,11H2,1H3. The van der Waals surface area contributed by atoms with Crippen molar-refractivity contribution in [2.75, 3.05) is 12.4 Å². The van der Waals surface area contributed by atoms with Crippen molar-refractivity contribution in [3.63, 3.8) is 0 Å². The van der Waals surface area contributed by atoms with Crippen LogP contribution < -0.4 is 10.1 Å². The van der Waals surface area contributed by atoms with E-state index in [-0.39, 0.29) is 0 Å². The average Bonchev–Trinajstić information content (AvgIpc) is 3.29. The number of nitrogens with one attached hydrogen (secondary N) is 1. The topological polar surface area (TPSA) is 64.6 Å². The summed E-state index contributed by atoms with van der Waals surface area (Å²) in [5, 5.41) is 7.79. The lowest BCUT2D eigenvalue weighted by molar-refractivity contribution is 0.416. The van der Waals surface area contributed by atoms with Gasteiger partial charge in [-0.05, 0) is 24.3 Å². The van der Waals surface area contributed by atoms with Crippen LogP contribution in [-0.2, 0) is 6.54 Å². The number of para-hydroxylation sites is 1. The zero-order valence-electron chi connectivity index (χ0n) is 13.1. The van der Waals surface area contributed by atoms with Crippen LogP contribution in [-0.4, -0.2) is 21.7 Å². The third kappa shape index (κ3) is 2.48. The van der Waals surface area contributed by atoms with Gasteiger partial charge in [0, 0.05) is 11.8 Å². The lowest BCUT2D eigenvalue weighted by atomic mass is 10.1. The van der Waals surface area contributed by atoms with Crippen molar-refractivity contribution in [2.24, 2.45) is 0 Å². The highest BCUT2D eigenvalue weighted by Gasteiger charge is 2.14. The second-order valence-electron chi connectivity index (χ2n) is 5.26. The molecule has 6 nitrogen and oxygen atoms in total. The molecule has 0 fully saturated rings. The lowest BCUT2D eigenvalue weighted by Crippen LogP contribution is -2.05. The lowest BCUT2D eigenvalue weighted by Gasteiger charge is -2.08. The molecule has 0 aliphatic heterocycles. The van der Waals surface area contributed by atoms with Gasteiger partial charge in [-0.3, -0.25) is 0 Å². The molecule has 1 N–H and O–H groups in total. The van der Waals surface area contributed by atoms with Crippen molar-refractivity contribution >= 4 is 11.5 Å². The van der Waals surface area contributed by atoms with Crippen LogP contribution in [0.3, 0.4) is 0 Å². The largest absolute Gasteiger partial charge is 0.496 e. The van der Waals surface area contributed by atoms with E-state index in [0.717, 1.165) is 34.1 Å². The van der Waals surface area contributed by atoms with E-state index >= 15 is 0 Å². The summed E-state index contributed by atoms with van der Waals surface area (Å²) in [6, 6.07) is 13.5. The van der Waals surface area contributed by atoms with Gasteiger partial charge >= 0.3 is 0 Å². The molecular formula is C18H16N4O2. The molecule has 24 heavy (non-hydrogen) atoms. The molecule has 0 saturated carbocycles. The summed E-state index contributed by atoms with van der Waals surface area (Å²) in [6.45, 7) is 0.579. The van der Waals surface area contributed by atoms with Gasteiger partial charge in [-0.15, -0.1) is 0 Å². The predicted octanol–water partition coefficient (Wildman–Crippen LogP) is 3.61. The Morgan fingerprint density at radius 3 is 2.88 bits per heavy atom. The molecule has 4 rings (SSSR count). The molecule has 0 amide bonds. The Kier molecular flexibility index (Phi) is 3.63. The number of furan rings is 1. The summed E-state index contributed by atoms with van der Waals surface area (Å²) in [7, 11) is 1.66. The van der Waals surface area contributed by atoms with E-state index in [1.54, 1.807) is 30.3 Å². The van der Waals surface area contributed by atoms with Crippen LogP contribution in [0.5, 0.6) is 5.75 Å². The van der Waals surface area contributed by atoms with Crippen LogP contribution in [0.2, 0.25) is 0 Å². The van der Waals surface area contributed by atoms with Crippen molar-refractivity contribution in [2.45, 2.75) is 6.54 Å². The van der Waals surface area contributed by atoms with Crippen molar-refractivity contribution in [1.29, 1.82) is 0 Å². The van der Waals surface area contributed by atoms with Gasteiger partial charge in [0.05, 0.1) is 31.7 Å². The highest BCUT2D eigenvalue weighted by atomic mass is 16.5. The Bertz CT molecular complexity index is 960. The monoisotopic (exact) mass is 320 g/mol. The van der Waals surface area contributed by atoms with Gasteiger partial charge in [-0.2, -0.15) is 9.61 Å². The number of ether oxygens (including phenoxy) is 1. The average molecular weight is 320 g/mol. The van der Waals surface area contributed by atoms with E-state index in [2.05, 4.69) is 15.4 Å². The minimum absolute atomic E-state index is 0.579. The number of rotatable bonds is 5. The zero-order valence-corrected chi connectivity index (χ0v) is 13.1. The van der Waals surface area contributed by atoms with Crippen LogP contribution in [0.15, 0.2) is 65.5 Å². The van der Waals surface area contributed by atoms with Gasteiger partial charge in [0.15, 0.2) is 5.65 Å². The summed E-state index contributed by atoms with van der Waals surface area (Å²) in [5.74, 6) is 2.50. The van der Waals surface area contributed by atoms with Crippen LogP contribution >= 0.6 is 0 Å². The maximum absolute atomic E-state index is 5.45. The van der Waals surface area contributed by atoms with Gasteiger partial charge in [-0.1, -0.05) is 18.2 Å². The fourth-order valence-corrected chi connectivity index (χ4v) is 2.67. The molecule has 1 aromatic carbocycles. The number of methoxy groups -OCH3 is 1. The summed E-state index contributed by atoms with van der Waals surface area (Å²) in [5.41, 5.74) is 2.66. The van der Waals surface area contributed by atoms with Gasteiger partial charge in [0.1, 0.15) is 17.3 Å². The third-order valence-electron chi connectivity index (χ3n) is 3.82. The Labute approximate surface area is 138 Å². The molecule has 0 unspecified atom stereocenters. The SMILES string of the molecule is COc1ccccc1-c1cnn2c(NCc3ccco3)ccnc12. The first-order valence-corrected chi connectivity index (χ1v) is 7.59. The van der Waals surface area contributed by atoms with Crippen LogP contribution in [0.25, 0.3) is 16.8 Å². The van der Waals surface area contributed by atoms with E-state index < -0.39 is 0 Å². The third-order valence-corrected chi connectivity index (χ3v) is 3.82. The van der Waals surface area contributed by atoms with Gasteiger partial charge in [0.2, 0.25) is 0 Å². The van der Waals surface area contributed by atoms with E-state index in [0.29, 0.717) is 6.54 Å². The van der Waals surface area contributed by atoms with Crippen LogP contribution in [0, 0.1) is 0 Å². The minimum Gasteiger partial charge on any atom is -0.496 e. The van der Waals surface area contributed by atoms with Crippen molar-refractivity contribution in [1.82, 2.24) is 14.6 Å². The van der Waals surface area contributed by atoms with Gasteiger partial charge in [0.25, 0.3) is 0 Å². The molecule has 0 bridgehead atoms. The van der Waals surface area contributed by atoms with E-state index in [1.165, 1.54) is 0 Å². The van der Waals surface area contributed by atoms with Crippen LogP contribution in [0.1, 0.15) is 5.76 Å². The smallest absolute Gasteiger partial charge is 0.165 e. The molecule has 3 heterocycles. The molecule has 0 saturated heterocycles. The summed E-state index contributed by atoms with van der Waals surface area (Å²) >= 11 is 0. The number of hydrogen-bond acceptors (Lipinski definition) is 5.